The van der Waals surface area contributed by atoms with Crippen molar-refractivity contribution in [3.05, 3.63) is 34.9 Å². The number of halogens is 4. The lowest BCUT2D eigenvalue weighted by Gasteiger charge is -2.27. The zero-order chi connectivity index (χ0) is 20.8. The van der Waals surface area contributed by atoms with Crippen molar-refractivity contribution in [2.45, 2.75) is 46.1 Å². The number of benzene rings is 1. The molecule has 0 aliphatic rings. The highest BCUT2D eigenvalue weighted by Crippen LogP contribution is 2.25. The predicted octanol–water partition coefficient (Wildman–Crippen LogP) is 3.12. The first-order valence-corrected chi connectivity index (χ1v) is 9.99. The molecule has 1 aromatic carbocycles. The van der Waals surface area contributed by atoms with Crippen molar-refractivity contribution in [2.75, 3.05) is 0 Å². The van der Waals surface area contributed by atoms with E-state index in [1.54, 1.807) is 0 Å². The van der Waals surface area contributed by atoms with Crippen LogP contribution < -0.4 is 0 Å². The molecule has 0 heterocycles. The highest BCUT2D eigenvalue weighted by Gasteiger charge is 2.53. The third-order valence-corrected chi connectivity index (χ3v) is 5.69. The maximum atomic E-state index is 14.0. The SMILES string of the molecule is CCC(=O)O[Si](Cc1cc(F)c(F)c(F)c1F)(OC(=O)CC)OC(=O)CC. The molecule has 0 amide bonds. The molecule has 0 atom stereocenters. The molecule has 150 valence electrons. The van der Waals surface area contributed by atoms with Gasteiger partial charge in [0.2, 0.25) is 0 Å². The minimum atomic E-state index is -4.63. The third kappa shape index (κ3) is 5.78. The first-order chi connectivity index (χ1) is 12.6. The highest BCUT2D eigenvalue weighted by molar-refractivity contribution is 6.65. The van der Waals surface area contributed by atoms with Crippen molar-refractivity contribution in [3.63, 3.8) is 0 Å². The van der Waals surface area contributed by atoms with Crippen LogP contribution in [0.2, 0.25) is 0 Å². The number of hydrogen-bond donors (Lipinski definition) is 0. The second kappa shape index (κ2) is 9.49. The van der Waals surface area contributed by atoms with Crippen molar-refractivity contribution in [1.29, 1.82) is 0 Å². The maximum Gasteiger partial charge on any atom is 0.709 e. The van der Waals surface area contributed by atoms with Crippen molar-refractivity contribution >= 4 is 26.7 Å². The van der Waals surface area contributed by atoms with E-state index in [1.807, 2.05) is 0 Å². The van der Waals surface area contributed by atoms with E-state index in [2.05, 4.69) is 0 Å². The monoisotopic (exact) mass is 410 g/mol. The van der Waals surface area contributed by atoms with Crippen LogP contribution in [0.15, 0.2) is 6.07 Å². The van der Waals surface area contributed by atoms with Crippen LogP contribution >= 0.6 is 0 Å². The van der Waals surface area contributed by atoms with E-state index in [4.69, 9.17) is 13.3 Å². The molecule has 0 aromatic heterocycles. The van der Waals surface area contributed by atoms with Crippen LogP contribution in [0.5, 0.6) is 0 Å². The average molecular weight is 410 g/mol. The van der Waals surface area contributed by atoms with Crippen LogP contribution in [0.25, 0.3) is 0 Å². The zero-order valence-electron chi connectivity index (χ0n) is 14.9. The van der Waals surface area contributed by atoms with Crippen LogP contribution in [0.3, 0.4) is 0 Å². The van der Waals surface area contributed by atoms with E-state index in [0.717, 1.165) is 0 Å². The summed E-state index contributed by atoms with van der Waals surface area (Å²) < 4.78 is 69.3. The number of hydrogen-bond acceptors (Lipinski definition) is 6. The summed E-state index contributed by atoms with van der Waals surface area (Å²) in [6.07, 6.45) is -0.635. The van der Waals surface area contributed by atoms with Crippen LogP contribution in [-0.4, -0.2) is 26.7 Å². The van der Waals surface area contributed by atoms with Gasteiger partial charge in [0.1, 0.15) is 0 Å². The van der Waals surface area contributed by atoms with E-state index in [1.165, 1.54) is 20.8 Å². The molecule has 0 aliphatic carbocycles. The fraction of sp³-hybridized carbons (Fsp3) is 0.438. The van der Waals surface area contributed by atoms with Gasteiger partial charge >= 0.3 is 8.80 Å². The van der Waals surface area contributed by atoms with E-state index in [-0.39, 0.29) is 19.3 Å². The van der Waals surface area contributed by atoms with Gasteiger partial charge in [-0.05, 0) is 6.07 Å². The minimum Gasteiger partial charge on any atom is -0.455 e. The Labute approximate surface area is 153 Å². The summed E-state index contributed by atoms with van der Waals surface area (Å²) >= 11 is 0. The van der Waals surface area contributed by atoms with Gasteiger partial charge in [-0.1, -0.05) is 20.8 Å². The summed E-state index contributed by atoms with van der Waals surface area (Å²) in [5.74, 6) is -10.5. The third-order valence-electron chi connectivity index (χ3n) is 3.26. The lowest BCUT2D eigenvalue weighted by molar-refractivity contribution is -0.150. The molecule has 0 fully saturated rings. The summed E-state index contributed by atoms with van der Waals surface area (Å²) in [7, 11) is -4.63. The molecule has 11 heteroatoms. The number of carbonyl (C=O) groups is 3. The molecular formula is C16H18F4O6Si. The van der Waals surface area contributed by atoms with Gasteiger partial charge in [0, 0.05) is 24.8 Å². The van der Waals surface area contributed by atoms with E-state index in [9.17, 15) is 31.9 Å². The Kier molecular flexibility index (Phi) is 7.94. The number of rotatable bonds is 8. The molecule has 27 heavy (non-hydrogen) atoms. The summed E-state index contributed by atoms with van der Waals surface area (Å²) in [6.45, 7) is 4.17. The first kappa shape index (κ1) is 22.6. The standard InChI is InChI=1S/C16H18F4O6Si/c1-4-11(21)24-27(25-12(22)5-2,26-13(23)6-3)8-9-7-10(17)15(19)16(20)14(9)18/h7H,4-6,8H2,1-3H3. The second-order valence-corrected chi connectivity index (χ2v) is 7.63. The van der Waals surface area contributed by atoms with Crippen LogP contribution in [0.4, 0.5) is 17.6 Å². The number of carbonyl (C=O) groups excluding carboxylic acids is 3. The molecular weight excluding hydrogens is 392 g/mol. The topological polar surface area (TPSA) is 78.9 Å². The molecule has 0 unspecified atom stereocenters. The predicted molar refractivity (Wildman–Crippen MR) is 84.9 cm³/mol. The fourth-order valence-corrected chi connectivity index (χ4v) is 4.43. The van der Waals surface area contributed by atoms with Gasteiger partial charge in [-0.25, -0.2) is 17.6 Å². The fourth-order valence-electron chi connectivity index (χ4n) is 1.89. The molecule has 0 bridgehead atoms. The van der Waals surface area contributed by atoms with Gasteiger partial charge in [-0.3, -0.25) is 14.4 Å². The first-order valence-electron chi connectivity index (χ1n) is 8.06. The largest absolute Gasteiger partial charge is 0.709 e. The quantitative estimate of drug-likeness (QED) is 0.284. The molecule has 1 rings (SSSR count). The Morgan fingerprint density at radius 1 is 0.778 bits per heavy atom. The van der Waals surface area contributed by atoms with Gasteiger partial charge in [-0.2, -0.15) is 0 Å². The lowest BCUT2D eigenvalue weighted by Crippen LogP contribution is -2.52. The summed E-state index contributed by atoms with van der Waals surface area (Å²) in [5.41, 5.74) is -0.810. The van der Waals surface area contributed by atoms with E-state index in [0.29, 0.717) is 6.07 Å². The zero-order valence-corrected chi connectivity index (χ0v) is 15.9. The Bertz CT molecular complexity index is 695. The molecule has 0 radical (unpaired) electrons. The van der Waals surface area contributed by atoms with E-state index < -0.39 is 61.6 Å². The Morgan fingerprint density at radius 2 is 1.19 bits per heavy atom. The van der Waals surface area contributed by atoms with Gasteiger partial charge < -0.3 is 13.3 Å². The molecule has 0 saturated heterocycles. The van der Waals surface area contributed by atoms with E-state index >= 15 is 0 Å². The summed E-state index contributed by atoms with van der Waals surface area (Å²) in [6, 6.07) is -0.634. The highest BCUT2D eigenvalue weighted by atomic mass is 28.4. The van der Waals surface area contributed by atoms with Crippen LogP contribution in [-0.2, 0) is 33.7 Å². The normalized spacial score (nSPS) is 11.1. The van der Waals surface area contributed by atoms with Crippen molar-refractivity contribution in [3.8, 4) is 0 Å². The molecule has 0 saturated carbocycles. The van der Waals surface area contributed by atoms with Gasteiger partial charge in [-0.15, -0.1) is 0 Å². The van der Waals surface area contributed by atoms with Gasteiger partial charge in [0.25, 0.3) is 17.9 Å². The summed E-state index contributed by atoms with van der Waals surface area (Å²) in [5, 5.41) is 0. The Morgan fingerprint density at radius 3 is 1.56 bits per heavy atom. The van der Waals surface area contributed by atoms with Crippen LogP contribution in [0, 0.1) is 23.3 Å². The van der Waals surface area contributed by atoms with Gasteiger partial charge in [0.15, 0.2) is 23.3 Å². The lowest BCUT2D eigenvalue weighted by atomic mass is 10.2. The Hall–Kier alpha value is -2.43. The molecule has 0 aliphatic heterocycles. The molecule has 0 N–H and O–H groups in total. The summed E-state index contributed by atoms with van der Waals surface area (Å²) in [4.78, 5) is 35.3. The molecule has 1 aromatic rings. The average Bonchev–Trinajstić information content (AvgIpc) is 2.63. The Balaban J connectivity index is 3.47. The second-order valence-electron chi connectivity index (χ2n) is 5.30. The van der Waals surface area contributed by atoms with Crippen molar-refractivity contribution in [1.82, 2.24) is 0 Å². The smallest absolute Gasteiger partial charge is 0.455 e. The van der Waals surface area contributed by atoms with Crippen LogP contribution in [0.1, 0.15) is 45.6 Å². The maximum absolute atomic E-state index is 14.0. The molecule has 6 nitrogen and oxygen atoms in total. The minimum absolute atomic E-state index is 0.212. The van der Waals surface area contributed by atoms with Gasteiger partial charge in [0.05, 0.1) is 6.04 Å². The van der Waals surface area contributed by atoms with Crippen molar-refractivity contribution in [2.24, 2.45) is 0 Å². The van der Waals surface area contributed by atoms with Crippen molar-refractivity contribution < 1.29 is 45.2 Å². The molecule has 0 spiro atoms.